The van der Waals surface area contributed by atoms with Crippen molar-refractivity contribution < 1.29 is 0 Å². The van der Waals surface area contributed by atoms with E-state index in [0.717, 1.165) is 23.5 Å². The predicted molar refractivity (Wildman–Crippen MR) is 177 cm³/mol. The molecule has 0 amide bonds. The van der Waals surface area contributed by atoms with Crippen LogP contribution in [0.15, 0.2) is 152 Å². The first-order chi connectivity index (χ1) is 20.2. The maximum Gasteiger partial charge on any atom is 0.0706 e. The third kappa shape index (κ3) is 4.90. The Hall–Kier alpha value is -5.08. The molecule has 2 nitrogen and oxygen atoms in total. The van der Waals surface area contributed by atoms with Crippen LogP contribution < -0.4 is 10.6 Å². The summed E-state index contributed by atoms with van der Waals surface area (Å²) >= 11 is 0. The van der Waals surface area contributed by atoms with Crippen LogP contribution in [-0.4, -0.2) is 5.54 Å². The molecule has 2 heteroatoms. The molecule has 1 atom stereocenters. The van der Waals surface area contributed by atoms with Crippen molar-refractivity contribution in [1.82, 2.24) is 0 Å². The lowest BCUT2D eigenvalue weighted by molar-refractivity contribution is 0.652. The monoisotopic (exact) mass is 528 g/mol. The first-order valence-electron chi connectivity index (χ1n) is 14.2. The zero-order chi connectivity index (χ0) is 27.6. The van der Waals surface area contributed by atoms with E-state index in [1.165, 1.54) is 43.8 Å². The van der Waals surface area contributed by atoms with Crippen LogP contribution in [0.5, 0.6) is 0 Å². The van der Waals surface area contributed by atoms with Gasteiger partial charge in [0.1, 0.15) is 0 Å². The van der Waals surface area contributed by atoms with Crippen molar-refractivity contribution in [2.24, 2.45) is 0 Å². The van der Waals surface area contributed by atoms with Crippen LogP contribution in [0.1, 0.15) is 18.9 Å². The molecule has 0 heterocycles. The summed E-state index contributed by atoms with van der Waals surface area (Å²) in [6.07, 6.45) is 7.62. The zero-order valence-corrected chi connectivity index (χ0v) is 23.1. The highest BCUT2D eigenvalue weighted by Gasteiger charge is 2.28. The van der Waals surface area contributed by atoms with Gasteiger partial charge in [0.2, 0.25) is 0 Å². The Bertz CT molecular complexity index is 1920. The van der Waals surface area contributed by atoms with Gasteiger partial charge < -0.3 is 10.6 Å². The number of rotatable bonds is 6. The van der Waals surface area contributed by atoms with Crippen LogP contribution in [0.3, 0.4) is 0 Å². The van der Waals surface area contributed by atoms with Gasteiger partial charge in [0.05, 0.1) is 16.9 Å². The molecule has 41 heavy (non-hydrogen) atoms. The molecule has 6 aromatic rings. The van der Waals surface area contributed by atoms with E-state index < -0.39 is 0 Å². The SMILES string of the molecule is CC1(Nc2c(Nc3cccc(-c4ccccc4)c3)c3ccccc3c3ccccc23)C=CC=C(c2ccccc2)C1. The third-order valence-electron chi connectivity index (χ3n) is 8.05. The minimum absolute atomic E-state index is 0.270. The molecule has 1 aliphatic carbocycles. The van der Waals surface area contributed by atoms with Crippen molar-refractivity contribution in [3.05, 3.63) is 157 Å². The fraction of sp³-hybridized carbons (Fsp3) is 0.0769. The molecule has 0 aromatic heterocycles. The average molecular weight is 529 g/mol. The summed E-state index contributed by atoms with van der Waals surface area (Å²) in [5.41, 5.74) is 7.99. The smallest absolute Gasteiger partial charge is 0.0706 e. The molecule has 1 unspecified atom stereocenters. The van der Waals surface area contributed by atoms with E-state index in [0.29, 0.717) is 0 Å². The standard InChI is InChI=1S/C39H32N2/c1-39(25-13-19-31(27-39)29-16-6-3-7-17-29)41-38-36-24-11-9-22-34(36)33-21-8-10-23-35(33)37(38)40-32-20-12-18-30(26-32)28-14-4-2-5-15-28/h2-26,40-41H,27H2,1H3. The van der Waals surface area contributed by atoms with Crippen LogP contribution in [0.25, 0.3) is 38.2 Å². The maximum absolute atomic E-state index is 4.04. The van der Waals surface area contributed by atoms with Crippen LogP contribution in [0, 0.1) is 0 Å². The Morgan fingerprint density at radius 3 is 1.78 bits per heavy atom. The second-order valence-corrected chi connectivity index (χ2v) is 11.0. The average Bonchev–Trinajstić information content (AvgIpc) is 3.03. The van der Waals surface area contributed by atoms with Crippen molar-refractivity contribution in [3.8, 4) is 11.1 Å². The molecule has 0 saturated heterocycles. The Morgan fingerprint density at radius 1 is 0.537 bits per heavy atom. The van der Waals surface area contributed by atoms with Crippen LogP contribution >= 0.6 is 0 Å². The zero-order valence-electron chi connectivity index (χ0n) is 23.1. The van der Waals surface area contributed by atoms with E-state index in [9.17, 15) is 0 Å². The summed E-state index contributed by atoms with van der Waals surface area (Å²) in [7, 11) is 0. The van der Waals surface area contributed by atoms with Crippen molar-refractivity contribution in [3.63, 3.8) is 0 Å². The third-order valence-corrected chi connectivity index (χ3v) is 8.05. The van der Waals surface area contributed by atoms with Gasteiger partial charge in [-0.1, -0.05) is 140 Å². The first-order valence-corrected chi connectivity index (χ1v) is 14.2. The summed E-state index contributed by atoms with van der Waals surface area (Å²) in [6.45, 7) is 2.29. The van der Waals surface area contributed by atoms with E-state index in [4.69, 9.17) is 0 Å². The van der Waals surface area contributed by atoms with Gasteiger partial charge in [-0.05, 0) is 58.5 Å². The fourth-order valence-electron chi connectivity index (χ4n) is 6.06. The molecule has 0 radical (unpaired) electrons. The lowest BCUT2D eigenvalue weighted by atomic mass is 9.84. The van der Waals surface area contributed by atoms with Gasteiger partial charge in [0, 0.05) is 16.5 Å². The van der Waals surface area contributed by atoms with Gasteiger partial charge in [-0.15, -0.1) is 0 Å². The summed E-state index contributed by atoms with van der Waals surface area (Å²) < 4.78 is 0. The molecule has 7 rings (SSSR count). The van der Waals surface area contributed by atoms with E-state index >= 15 is 0 Å². The molecule has 198 valence electrons. The number of fused-ring (bicyclic) bond motifs is 3. The summed E-state index contributed by atoms with van der Waals surface area (Å²) in [6, 6.07) is 47.4. The Labute approximate surface area is 241 Å². The fourth-order valence-corrected chi connectivity index (χ4v) is 6.06. The van der Waals surface area contributed by atoms with Crippen molar-refractivity contribution in [2.45, 2.75) is 18.9 Å². The van der Waals surface area contributed by atoms with Crippen molar-refractivity contribution >= 4 is 44.2 Å². The Morgan fingerprint density at radius 2 is 1.10 bits per heavy atom. The lowest BCUT2D eigenvalue weighted by Crippen LogP contribution is -2.34. The predicted octanol–water partition coefficient (Wildman–Crippen LogP) is 10.6. The number of anilines is 3. The van der Waals surface area contributed by atoms with E-state index in [-0.39, 0.29) is 5.54 Å². The second kappa shape index (κ2) is 10.5. The molecule has 0 bridgehead atoms. The van der Waals surface area contributed by atoms with Crippen LogP contribution in [0.4, 0.5) is 17.1 Å². The number of hydrogen-bond donors (Lipinski definition) is 2. The molecule has 6 aromatic carbocycles. The summed E-state index contributed by atoms with van der Waals surface area (Å²) in [5.74, 6) is 0. The minimum atomic E-state index is -0.270. The quantitative estimate of drug-likeness (QED) is 0.166. The topological polar surface area (TPSA) is 24.1 Å². The molecular formula is C39H32N2. The molecule has 1 aliphatic rings. The van der Waals surface area contributed by atoms with E-state index in [2.05, 4.69) is 169 Å². The van der Waals surface area contributed by atoms with Gasteiger partial charge in [-0.25, -0.2) is 0 Å². The summed E-state index contributed by atoms with van der Waals surface area (Å²) in [4.78, 5) is 0. The number of hydrogen-bond acceptors (Lipinski definition) is 2. The van der Waals surface area contributed by atoms with Crippen LogP contribution in [-0.2, 0) is 0 Å². The van der Waals surface area contributed by atoms with Crippen molar-refractivity contribution in [2.75, 3.05) is 10.6 Å². The van der Waals surface area contributed by atoms with Gasteiger partial charge in [-0.2, -0.15) is 0 Å². The Balaban J connectivity index is 1.36. The summed E-state index contributed by atoms with van der Waals surface area (Å²) in [5, 5.41) is 12.8. The molecule has 0 saturated carbocycles. The Kier molecular flexibility index (Phi) is 6.37. The van der Waals surface area contributed by atoms with Gasteiger partial charge >= 0.3 is 0 Å². The second-order valence-electron chi connectivity index (χ2n) is 11.0. The molecule has 2 N–H and O–H groups in total. The highest BCUT2D eigenvalue weighted by molar-refractivity contribution is 6.20. The normalized spacial score (nSPS) is 16.5. The van der Waals surface area contributed by atoms with E-state index in [1.54, 1.807) is 0 Å². The molecule has 0 aliphatic heterocycles. The largest absolute Gasteiger partial charge is 0.374 e. The van der Waals surface area contributed by atoms with E-state index in [1.807, 2.05) is 0 Å². The maximum atomic E-state index is 4.04. The number of benzene rings is 6. The highest BCUT2D eigenvalue weighted by Crippen LogP contribution is 2.44. The number of nitrogens with one attached hydrogen (secondary N) is 2. The van der Waals surface area contributed by atoms with Crippen LogP contribution in [0.2, 0.25) is 0 Å². The first kappa shape index (κ1) is 24.9. The lowest BCUT2D eigenvalue weighted by Gasteiger charge is -2.34. The van der Waals surface area contributed by atoms with Crippen molar-refractivity contribution in [1.29, 1.82) is 0 Å². The number of allylic oxidation sites excluding steroid dienone is 2. The molecule has 0 fully saturated rings. The highest BCUT2D eigenvalue weighted by atomic mass is 15.0. The minimum Gasteiger partial charge on any atom is -0.374 e. The molecular weight excluding hydrogens is 496 g/mol. The van der Waals surface area contributed by atoms with Gasteiger partial charge in [0.25, 0.3) is 0 Å². The van der Waals surface area contributed by atoms with Gasteiger partial charge in [-0.3, -0.25) is 0 Å². The molecule has 0 spiro atoms. The van der Waals surface area contributed by atoms with Gasteiger partial charge in [0.15, 0.2) is 0 Å².